The molecular formula is C21H24N2O. The number of hydrogen-bond acceptors (Lipinski definition) is 3. The Morgan fingerprint density at radius 3 is 2.50 bits per heavy atom. The minimum Gasteiger partial charge on any atom is -0.494 e. The fourth-order valence-corrected chi connectivity index (χ4v) is 2.57. The molecule has 24 heavy (non-hydrogen) atoms. The van der Waals surface area contributed by atoms with Crippen molar-refractivity contribution in [2.75, 3.05) is 19.0 Å². The zero-order chi connectivity index (χ0) is 16.9. The molecule has 1 N–H and O–H groups in total. The first-order chi connectivity index (χ1) is 11.7. The minimum absolute atomic E-state index is 0.656. The molecule has 3 nitrogen and oxygen atoms in total. The molecule has 3 rings (SSSR count). The van der Waals surface area contributed by atoms with E-state index in [9.17, 15) is 0 Å². The van der Waals surface area contributed by atoms with Gasteiger partial charge in [0.05, 0.1) is 17.8 Å². The molecule has 0 aliphatic carbocycles. The molecule has 3 heteroatoms. The van der Waals surface area contributed by atoms with Crippen molar-refractivity contribution in [2.45, 2.75) is 20.3 Å². The normalized spacial score (nSPS) is 11.0. The van der Waals surface area contributed by atoms with Crippen molar-refractivity contribution < 1.29 is 4.74 Å². The van der Waals surface area contributed by atoms with Crippen LogP contribution in [0, 0.1) is 5.92 Å². The number of rotatable bonds is 6. The zero-order valence-corrected chi connectivity index (χ0v) is 14.5. The lowest BCUT2D eigenvalue weighted by Gasteiger charge is -2.09. The second-order valence-electron chi connectivity index (χ2n) is 6.41. The van der Waals surface area contributed by atoms with E-state index in [-0.39, 0.29) is 0 Å². The summed E-state index contributed by atoms with van der Waals surface area (Å²) in [6.07, 6.45) is 1.07. The fourth-order valence-electron chi connectivity index (χ4n) is 2.57. The van der Waals surface area contributed by atoms with Crippen molar-refractivity contribution in [3.63, 3.8) is 0 Å². The van der Waals surface area contributed by atoms with E-state index in [4.69, 9.17) is 9.72 Å². The highest BCUT2D eigenvalue weighted by atomic mass is 16.5. The van der Waals surface area contributed by atoms with Gasteiger partial charge >= 0.3 is 0 Å². The summed E-state index contributed by atoms with van der Waals surface area (Å²) in [6.45, 7) is 5.17. The standard InChI is InChI=1S/C21H24N2O/c1-15(2)12-13-24-19-9-11-21-17(14-19)6-10-20(23-21)16-4-7-18(22-3)8-5-16/h4-11,14-15,22H,12-13H2,1-3H3. The lowest BCUT2D eigenvalue weighted by atomic mass is 10.1. The van der Waals surface area contributed by atoms with Crippen LogP contribution in [-0.4, -0.2) is 18.6 Å². The molecule has 124 valence electrons. The summed E-state index contributed by atoms with van der Waals surface area (Å²) in [5, 5.41) is 4.24. The van der Waals surface area contributed by atoms with Gasteiger partial charge in [-0.3, -0.25) is 0 Å². The summed E-state index contributed by atoms with van der Waals surface area (Å²) >= 11 is 0. The van der Waals surface area contributed by atoms with Gasteiger partial charge < -0.3 is 10.1 Å². The molecule has 3 aromatic rings. The second-order valence-corrected chi connectivity index (χ2v) is 6.41. The highest BCUT2D eigenvalue weighted by Crippen LogP contribution is 2.25. The van der Waals surface area contributed by atoms with Gasteiger partial charge in [0, 0.05) is 23.7 Å². The highest BCUT2D eigenvalue weighted by Gasteiger charge is 2.04. The van der Waals surface area contributed by atoms with Crippen LogP contribution in [0.3, 0.4) is 0 Å². The Kier molecular flexibility index (Phi) is 4.99. The molecule has 0 saturated carbocycles. The number of hydrogen-bond donors (Lipinski definition) is 1. The summed E-state index contributed by atoms with van der Waals surface area (Å²) in [6, 6.07) is 18.6. The summed E-state index contributed by atoms with van der Waals surface area (Å²) < 4.78 is 5.83. The van der Waals surface area contributed by atoms with Crippen LogP contribution < -0.4 is 10.1 Å². The maximum absolute atomic E-state index is 5.83. The van der Waals surface area contributed by atoms with Gasteiger partial charge in [0.15, 0.2) is 0 Å². The van der Waals surface area contributed by atoms with E-state index in [2.05, 4.69) is 61.6 Å². The number of fused-ring (bicyclic) bond motifs is 1. The summed E-state index contributed by atoms with van der Waals surface area (Å²) in [5.74, 6) is 1.57. The topological polar surface area (TPSA) is 34.1 Å². The van der Waals surface area contributed by atoms with Crippen molar-refractivity contribution >= 4 is 16.6 Å². The van der Waals surface area contributed by atoms with Gasteiger partial charge in [0.25, 0.3) is 0 Å². The Labute approximate surface area is 143 Å². The molecule has 0 saturated heterocycles. The van der Waals surface area contributed by atoms with E-state index >= 15 is 0 Å². The third-order valence-corrected chi connectivity index (χ3v) is 4.09. The van der Waals surface area contributed by atoms with Gasteiger partial charge in [-0.25, -0.2) is 4.98 Å². The first-order valence-electron chi connectivity index (χ1n) is 8.47. The molecule has 0 radical (unpaired) electrons. The van der Waals surface area contributed by atoms with Gasteiger partial charge in [0.1, 0.15) is 5.75 Å². The zero-order valence-electron chi connectivity index (χ0n) is 14.5. The molecule has 0 aliphatic heterocycles. The molecule has 0 unspecified atom stereocenters. The predicted octanol–water partition coefficient (Wildman–Crippen LogP) is 5.37. The van der Waals surface area contributed by atoms with Crippen molar-refractivity contribution in [2.24, 2.45) is 5.92 Å². The van der Waals surface area contributed by atoms with Crippen LogP contribution in [0.25, 0.3) is 22.2 Å². The average molecular weight is 320 g/mol. The van der Waals surface area contributed by atoms with Crippen molar-refractivity contribution in [3.05, 3.63) is 54.6 Å². The lowest BCUT2D eigenvalue weighted by molar-refractivity contribution is 0.290. The first-order valence-corrected chi connectivity index (χ1v) is 8.47. The number of anilines is 1. The lowest BCUT2D eigenvalue weighted by Crippen LogP contribution is -2.01. The molecule has 0 amide bonds. The summed E-state index contributed by atoms with van der Waals surface area (Å²) in [5.41, 5.74) is 4.19. The number of nitrogens with zero attached hydrogens (tertiary/aromatic N) is 1. The average Bonchev–Trinajstić information content (AvgIpc) is 2.61. The smallest absolute Gasteiger partial charge is 0.120 e. The first kappa shape index (κ1) is 16.3. The number of benzene rings is 2. The van der Waals surface area contributed by atoms with Crippen LogP contribution in [0.2, 0.25) is 0 Å². The van der Waals surface area contributed by atoms with Crippen molar-refractivity contribution in [1.82, 2.24) is 4.98 Å². The third kappa shape index (κ3) is 3.85. The van der Waals surface area contributed by atoms with Crippen LogP contribution in [0.15, 0.2) is 54.6 Å². The van der Waals surface area contributed by atoms with Crippen LogP contribution in [-0.2, 0) is 0 Å². The molecule has 0 spiro atoms. The highest BCUT2D eigenvalue weighted by molar-refractivity contribution is 5.83. The van der Waals surface area contributed by atoms with E-state index in [1.807, 2.05) is 19.2 Å². The fraction of sp³-hybridized carbons (Fsp3) is 0.286. The quantitative estimate of drug-likeness (QED) is 0.663. The number of ether oxygens (including phenoxy) is 1. The minimum atomic E-state index is 0.656. The Morgan fingerprint density at radius 2 is 1.79 bits per heavy atom. The van der Waals surface area contributed by atoms with Gasteiger partial charge in [-0.2, -0.15) is 0 Å². The van der Waals surface area contributed by atoms with E-state index in [0.29, 0.717) is 5.92 Å². The maximum Gasteiger partial charge on any atom is 0.120 e. The Morgan fingerprint density at radius 1 is 1.00 bits per heavy atom. The molecule has 1 aromatic heterocycles. The molecule has 1 heterocycles. The van der Waals surface area contributed by atoms with Gasteiger partial charge in [-0.1, -0.05) is 32.0 Å². The SMILES string of the molecule is CNc1ccc(-c2ccc3cc(OCCC(C)C)ccc3n2)cc1. The number of nitrogens with one attached hydrogen (secondary N) is 1. The largest absolute Gasteiger partial charge is 0.494 e. The molecule has 0 aliphatic rings. The monoisotopic (exact) mass is 320 g/mol. The van der Waals surface area contributed by atoms with Crippen molar-refractivity contribution in [1.29, 1.82) is 0 Å². The van der Waals surface area contributed by atoms with Gasteiger partial charge in [0.2, 0.25) is 0 Å². The van der Waals surface area contributed by atoms with E-state index < -0.39 is 0 Å². The van der Waals surface area contributed by atoms with E-state index in [1.165, 1.54) is 0 Å². The second kappa shape index (κ2) is 7.35. The van der Waals surface area contributed by atoms with E-state index in [1.54, 1.807) is 0 Å². The molecule has 0 fully saturated rings. The van der Waals surface area contributed by atoms with Crippen LogP contribution in [0.1, 0.15) is 20.3 Å². The summed E-state index contributed by atoms with van der Waals surface area (Å²) in [4.78, 5) is 4.77. The summed E-state index contributed by atoms with van der Waals surface area (Å²) in [7, 11) is 1.92. The van der Waals surface area contributed by atoms with Crippen LogP contribution in [0.5, 0.6) is 5.75 Å². The third-order valence-electron chi connectivity index (χ3n) is 4.09. The Hall–Kier alpha value is -2.55. The van der Waals surface area contributed by atoms with Crippen molar-refractivity contribution in [3.8, 4) is 17.0 Å². The van der Waals surface area contributed by atoms with Gasteiger partial charge in [-0.15, -0.1) is 0 Å². The Balaban J connectivity index is 1.80. The molecule has 2 aromatic carbocycles. The number of aromatic nitrogens is 1. The molecular weight excluding hydrogens is 296 g/mol. The van der Waals surface area contributed by atoms with Gasteiger partial charge in [-0.05, 0) is 48.7 Å². The molecule has 0 atom stereocenters. The van der Waals surface area contributed by atoms with Crippen LogP contribution in [0.4, 0.5) is 5.69 Å². The number of pyridine rings is 1. The Bertz CT molecular complexity index is 810. The maximum atomic E-state index is 5.83. The van der Waals surface area contributed by atoms with Crippen LogP contribution >= 0.6 is 0 Å². The van der Waals surface area contributed by atoms with E-state index in [0.717, 1.165) is 46.6 Å². The predicted molar refractivity (Wildman–Crippen MR) is 102 cm³/mol. The molecule has 0 bridgehead atoms.